The fourth-order valence-corrected chi connectivity index (χ4v) is 2.75. The molecular weight excluding hydrogens is 392 g/mol. The van der Waals surface area contributed by atoms with Gasteiger partial charge in [0.05, 0.1) is 18.0 Å². The molecule has 2 aromatic carbocycles. The second-order valence-corrected chi connectivity index (χ2v) is 6.46. The van der Waals surface area contributed by atoms with Crippen LogP contribution in [0.4, 0.5) is 36.7 Å². The number of nitrogens with one attached hydrogen (secondary N) is 2. The summed E-state index contributed by atoms with van der Waals surface area (Å²) in [4.78, 5) is 22.9. The van der Waals surface area contributed by atoms with Crippen molar-refractivity contribution in [1.29, 1.82) is 0 Å². The maximum absolute atomic E-state index is 14.0. The van der Waals surface area contributed by atoms with Gasteiger partial charge in [0.1, 0.15) is 17.5 Å². The predicted molar refractivity (Wildman–Crippen MR) is 111 cm³/mol. The van der Waals surface area contributed by atoms with Crippen LogP contribution in [-0.4, -0.2) is 35.8 Å². The van der Waals surface area contributed by atoms with E-state index < -0.39 is 17.7 Å². The Bertz CT molecular complexity index is 1000. The first-order valence-electron chi connectivity index (χ1n) is 9.17. The zero-order valence-electron chi connectivity index (χ0n) is 16.5. The summed E-state index contributed by atoms with van der Waals surface area (Å²) in [5.74, 6) is -1.04. The number of ether oxygens (including phenoxy) is 1. The molecule has 30 heavy (non-hydrogen) atoms. The normalized spacial score (nSPS) is 11.6. The molecule has 0 spiro atoms. The fraction of sp³-hybridized carbons (Fsp3) is 0.190. The summed E-state index contributed by atoms with van der Waals surface area (Å²) >= 11 is 0. The van der Waals surface area contributed by atoms with E-state index in [0.717, 1.165) is 12.1 Å². The van der Waals surface area contributed by atoms with E-state index in [1.807, 2.05) is 6.92 Å². The molecule has 2 amide bonds. The second kappa shape index (κ2) is 9.75. The summed E-state index contributed by atoms with van der Waals surface area (Å²) in [5.41, 5.74) is 0.357. The van der Waals surface area contributed by atoms with Crippen molar-refractivity contribution in [3.05, 3.63) is 72.4 Å². The minimum absolute atomic E-state index is 0.0578. The van der Waals surface area contributed by atoms with Crippen LogP contribution in [0.2, 0.25) is 0 Å². The van der Waals surface area contributed by atoms with Gasteiger partial charge >= 0.3 is 6.03 Å². The molecule has 0 saturated carbocycles. The molecule has 7 nitrogen and oxygen atoms in total. The minimum atomic E-state index is -0.880. The fourth-order valence-electron chi connectivity index (χ4n) is 2.75. The van der Waals surface area contributed by atoms with Gasteiger partial charge in [-0.25, -0.2) is 23.5 Å². The highest BCUT2D eigenvalue weighted by Gasteiger charge is 2.21. The highest BCUT2D eigenvalue weighted by molar-refractivity contribution is 6.06. The molecule has 9 heteroatoms. The average Bonchev–Trinajstić information content (AvgIpc) is 2.71. The minimum Gasteiger partial charge on any atom is -0.383 e. The summed E-state index contributed by atoms with van der Waals surface area (Å²) in [6.07, 6.45) is 1.51. The number of carbonyl (C=O) groups is 1. The van der Waals surface area contributed by atoms with Gasteiger partial charge in [0, 0.05) is 31.5 Å². The van der Waals surface area contributed by atoms with E-state index in [4.69, 9.17) is 4.74 Å². The van der Waals surface area contributed by atoms with Crippen LogP contribution in [0, 0.1) is 11.6 Å². The number of benzene rings is 2. The van der Waals surface area contributed by atoms with Gasteiger partial charge in [0.2, 0.25) is 5.95 Å². The first-order valence-corrected chi connectivity index (χ1v) is 9.17. The van der Waals surface area contributed by atoms with Gasteiger partial charge in [-0.15, -0.1) is 0 Å². The van der Waals surface area contributed by atoms with Crippen molar-refractivity contribution in [1.82, 2.24) is 9.97 Å². The predicted octanol–water partition coefficient (Wildman–Crippen LogP) is 4.57. The highest BCUT2D eigenvalue weighted by Crippen LogP contribution is 2.26. The molecule has 0 bridgehead atoms. The van der Waals surface area contributed by atoms with Crippen molar-refractivity contribution in [2.75, 3.05) is 29.3 Å². The van der Waals surface area contributed by atoms with Crippen LogP contribution < -0.4 is 15.5 Å². The molecular formula is C21H21F2N5O2. The number of halogens is 2. The number of amides is 2. The van der Waals surface area contributed by atoms with Gasteiger partial charge in [-0.05, 0) is 31.2 Å². The summed E-state index contributed by atoms with van der Waals surface area (Å²) in [6, 6.07) is 12.5. The van der Waals surface area contributed by atoms with Crippen LogP contribution in [-0.2, 0) is 4.74 Å². The van der Waals surface area contributed by atoms with Gasteiger partial charge in [0.25, 0.3) is 0 Å². The second-order valence-electron chi connectivity index (χ2n) is 6.46. The quantitative estimate of drug-likeness (QED) is 0.593. The molecule has 1 unspecified atom stereocenters. The number of hydrogen-bond acceptors (Lipinski definition) is 5. The number of rotatable bonds is 7. The van der Waals surface area contributed by atoms with E-state index in [1.165, 1.54) is 11.1 Å². The first kappa shape index (κ1) is 21.1. The van der Waals surface area contributed by atoms with Crippen LogP contribution in [0.3, 0.4) is 0 Å². The van der Waals surface area contributed by atoms with Crippen LogP contribution in [0.5, 0.6) is 0 Å². The summed E-state index contributed by atoms with van der Waals surface area (Å²) in [7, 11) is 1.59. The number of urea groups is 1. The Morgan fingerprint density at radius 3 is 2.63 bits per heavy atom. The third-order valence-electron chi connectivity index (χ3n) is 4.05. The first-order chi connectivity index (χ1) is 14.5. The van der Waals surface area contributed by atoms with Gasteiger partial charge in [0.15, 0.2) is 0 Å². The molecule has 0 aliphatic heterocycles. The molecule has 3 rings (SSSR count). The topological polar surface area (TPSA) is 79.4 Å². The van der Waals surface area contributed by atoms with Crippen LogP contribution in [0.15, 0.2) is 60.8 Å². The lowest BCUT2D eigenvalue weighted by molar-refractivity contribution is 0.190. The van der Waals surface area contributed by atoms with Crippen molar-refractivity contribution in [3.8, 4) is 0 Å². The maximum atomic E-state index is 14.0. The largest absolute Gasteiger partial charge is 0.383 e. The molecule has 3 aromatic rings. The number of carbonyl (C=O) groups excluding carboxylic acids is 1. The van der Waals surface area contributed by atoms with Crippen molar-refractivity contribution in [3.63, 3.8) is 0 Å². The third kappa shape index (κ3) is 5.26. The SMILES string of the molecule is COCC(C)Nc1nccc(N(C(=O)Nc2ccc(F)cc2F)c2ccccc2)n1. The molecule has 0 saturated heterocycles. The van der Waals surface area contributed by atoms with Crippen molar-refractivity contribution < 1.29 is 18.3 Å². The summed E-state index contributed by atoms with van der Waals surface area (Å²) in [5, 5.41) is 5.55. The number of nitrogens with zero attached hydrogens (tertiary/aromatic N) is 3. The molecule has 1 aromatic heterocycles. The highest BCUT2D eigenvalue weighted by atomic mass is 19.1. The Morgan fingerprint density at radius 1 is 1.17 bits per heavy atom. The summed E-state index contributed by atoms with van der Waals surface area (Å²) < 4.78 is 32.3. The van der Waals surface area contributed by atoms with E-state index in [0.29, 0.717) is 24.3 Å². The molecule has 0 radical (unpaired) electrons. The maximum Gasteiger partial charge on any atom is 0.332 e. The number of hydrogen-bond donors (Lipinski definition) is 2. The molecule has 1 heterocycles. The van der Waals surface area contributed by atoms with Crippen molar-refractivity contribution >= 4 is 29.2 Å². The van der Waals surface area contributed by atoms with E-state index in [1.54, 1.807) is 43.5 Å². The van der Waals surface area contributed by atoms with E-state index in [-0.39, 0.29) is 17.5 Å². The Morgan fingerprint density at radius 2 is 1.93 bits per heavy atom. The average molecular weight is 413 g/mol. The van der Waals surface area contributed by atoms with Gasteiger partial charge in [-0.2, -0.15) is 4.98 Å². The van der Waals surface area contributed by atoms with Gasteiger partial charge < -0.3 is 15.4 Å². The van der Waals surface area contributed by atoms with E-state index in [2.05, 4.69) is 20.6 Å². The number of methoxy groups -OCH3 is 1. The van der Waals surface area contributed by atoms with Gasteiger partial charge in [-0.1, -0.05) is 18.2 Å². The molecule has 0 aliphatic carbocycles. The number of para-hydroxylation sites is 1. The number of aromatic nitrogens is 2. The lowest BCUT2D eigenvalue weighted by atomic mass is 10.2. The third-order valence-corrected chi connectivity index (χ3v) is 4.05. The van der Waals surface area contributed by atoms with Gasteiger partial charge in [-0.3, -0.25) is 0 Å². The Kier molecular flexibility index (Phi) is 6.87. The van der Waals surface area contributed by atoms with E-state index >= 15 is 0 Å². The molecule has 156 valence electrons. The Labute approximate surface area is 172 Å². The number of anilines is 4. The molecule has 2 N–H and O–H groups in total. The Hall–Kier alpha value is -3.59. The van der Waals surface area contributed by atoms with Crippen LogP contribution in [0.1, 0.15) is 6.92 Å². The molecule has 1 atom stereocenters. The molecule has 0 fully saturated rings. The van der Waals surface area contributed by atoms with Crippen molar-refractivity contribution in [2.24, 2.45) is 0 Å². The Balaban J connectivity index is 1.93. The lowest BCUT2D eigenvalue weighted by Gasteiger charge is -2.23. The smallest absolute Gasteiger partial charge is 0.332 e. The lowest BCUT2D eigenvalue weighted by Crippen LogP contribution is -2.32. The van der Waals surface area contributed by atoms with Crippen molar-refractivity contribution in [2.45, 2.75) is 13.0 Å². The van der Waals surface area contributed by atoms with Crippen LogP contribution in [0.25, 0.3) is 0 Å². The molecule has 0 aliphatic rings. The van der Waals surface area contributed by atoms with E-state index in [9.17, 15) is 13.6 Å². The summed E-state index contributed by atoms with van der Waals surface area (Å²) in [6.45, 7) is 2.35. The standard InChI is InChI=1S/C21H21F2N5O2/c1-14(13-30-2)25-20-24-11-10-19(27-20)28(16-6-4-3-5-7-16)21(29)26-18-9-8-15(22)12-17(18)23/h3-12,14H,13H2,1-2H3,(H,26,29)(H,24,25,27). The van der Waals surface area contributed by atoms with Crippen LogP contribution >= 0.6 is 0 Å². The zero-order valence-corrected chi connectivity index (χ0v) is 16.5. The zero-order chi connectivity index (χ0) is 21.5. The monoisotopic (exact) mass is 413 g/mol.